The van der Waals surface area contributed by atoms with Gasteiger partial charge >= 0.3 is 0 Å². The summed E-state index contributed by atoms with van der Waals surface area (Å²) in [7, 11) is 0. The summed E-state index contributed by atoms with van der Waals surface area (Å²) in [6.45, 7) is 4.53. The molecule has 2 unspecified atom stereocenters. The maximum Gasteiger partial charge on any atom is 0.167 e. The molecule has 3 aromatic rings. The molecule has 0 radical (unpaired) electrons. The summed E-state index contributed by atoms with van der Waals surface area (Å²) in [4.78, 5) is 13.2. The SMILES string of the molecule is CC(C)c1ccc(CO[C@@H]2CCCC2Nc2ncnc3c2ncn3[C@@H]2OC(CO)[C@@H](O)[C@H]2O)cc1. The lowest BCUT2D eigenvalue weighted by Crippen LogP contribution is -2.33. The van der Waals surface area contributed by atoms with Crippen LogP contribution < -0.4 is 5.32 Å². The summed E-state index contributed by atoms with van der Waals surface area (Å²) < 4.78 is 13.5. The number of nitrogens with one attached hydrogen (secondary N) is 1. The van der Waals surface area contributed by atoms with Gasteiger partial charge in [0.25, 0.3) is 0 Å². The number of anilines is 1. The Balaban J connectivity index is 1.28. The minimum Gasteiger partial charge on any atom is -0.394 e. The summed E-state index contributed by atoms with van der Waals surface area (Å²) in [6.07, 6.45) is 1.79. The highest BCUT2D eigenvalue weighted by atomic mass is 16.6. The second-order valence-corrected chi connectivity index (χ2v) is 9.70. The fourth-order valence-corrected chi connectivity index (χ4v) is 4.92. The van der Waals surface area contributed by atoms with Gasteiger partial charge in [-0.3, -0.25) is 4.57 Å². The number of hydrogen-bond donors (Lipinski definition) is 4. The summed E-state index contributed by atoms with van der Waals surface area (Å²) >= 11 is 0. The zero-order valence-electron chi connectivity index (χ0n) is 20.0. The lowest BCUT2D eigenvalue weighted by atomic mass is 10.0. The molecule has 0 bridgehead atoms. The average Bonchev–Trinajstić information content (AvgIpc) is 3.57. The summed E-state index contributed by atoms with van der Waals surface area (Å²) in [6, 6.07) is 8.67. The maximum absolute atomic E-state index is 10.4. The third-order valence-corrected chi connectivity index (χ3v) is 7.04. The number of rotatable bonds is 8. The molecule has 1 aromatic carbocycles. The molecule has 2 fully saturated rings. The van der Waals surface area contributed by atoms with Crippen LogP contribution in [-0.2, 0) is 16.1 Å². The first-order chi connectivity index (χ1) is 17.0. The van der Waals surface area contributed by atoms with Gasteiger partial charge in [0.15, 0.2) is 23.2 Å². The third kappa shape index (κ3) is 4.76. The first-order valence-corrected chi connectivity index (χ1v) is 12.2. The van der Waals surface area contributed by atoms with Crippen molar-refractivity contribution in [1.82, 2.24) is 19.5 Å². The highest BCUT2D eigenvalue weighted by Crippen LogP contribution is 2.33. The first kappa shape index (κ1) is 24.1. The van der Waals surface area contributed by atoms with E-state index in [1.54, 1.807) is 4.57 Å². The molecular formula is C25H33N5O5. The van der Waals surface area contributed by atoms with Gasteiger partial charge in [0, 0.05) is 0 Å². The second-order valence-electron chi connectivity index (χ2n) is 9.70. The Morgan fingerprint density at radius 1 is 1.11 bits per heavy atom. The zero-order valence-corrected chi connectivity index (χ0v) is 20.0. The van der Waals surface area contributed by atoms with E-state index in [1.807, 2.05) is 0 Å². The average molecular weight is 484 g/mol. The summed E-state index contributed by atoms with van der Waals surface area (Å²) in [5.74, 6) is 1.09. The molecule has 1 aliphatic carbocycles. The number of aromatic nitrogens is 4. The van der Waals surface area contributed by atoms with Gasteiger partial charge in [-0.2, -0.15) is 0 Å². The molecule has 1 saturated carbocycles. The molecular weight excluding hydrogens is 450 g/mol. The van der Waals surface area contributed by atoms with Crippen molar-refractivity contribution in [2.75, 3.05) is 11.9 Å². The highest BCUT2D eigenvalue weighted by molar-refractivity contribution is 5.82. The van der Waals surface area contributed by atoms with Crippen LogP contribution in [-0.4, -0.2) is 71.9 Å². The molecule has 2 aromatic heterocycles. The van der Waals surface area contributed by atoms with E-state index >= 15 is 0 Å². The van der Waals surface area contributed by atoms with Crippen molar-refractivity contribution >= 4 is 17.0 Å². The van der Waals surface area contributed by atoms with Crippen LogP contribution in [0.4, 0.5) is 5.82 Å². The predicted molar refractivity (Wildman–Crippen MR) is 129 cm³/mol. The van der Waals surface area contributed by atoms with Gasteiger partial charge in [0.2, 0.25) is 0 Å². The van der Waals surface area contributed by atoms with Crippen molar-refractivity contribution in [2.45, 2.75) is 82.3 Å². The van der Waals surface area contributed by atoms with Crippen LogP contribution in [0.5, 0.6) is 0 Å². The van der Waals surface area contributed by atoms with Crippen LogP contribution in [0.1, 0.15) is 56.4 Å². The topological polar surface area (TPSA) is 135 Å². The van der Waals surface area contributed by atoms with Crippen LogP contribution in [0.25, 0.3) is 11.2 Å². The van der Waals surface area contributed by atoms with Gasteiger partial charge in [-0.1, -0.05) is 38.1 Å². The van der Waals surface area contributed by atoms with E-state index < -0.39 is 31.1 Å². The Morgan fingerprint density at radius 2 is 1.91 bits per heavy atom. The highest BCUT2D eigenvalue weighted by Gasteiger charge is 2.44. The van der Waals surface area contributed by atoms with Crippen molar-refractivity contribution in [3.05, 3.63) is 48.0 Å². The molecule has 35 heavy (non-hydrogen) atoms. The molecule has 2 aliphatic rings. The van der Waals surface area contributed by atoms with Gasteiger partial charge in [-0.05, 0) is 36.3 Å². The quantitative estimate of drug-likeness (QED) is 0.380. The number of hydrogen-bond acceptors (Lipinski definition) is 9. The number of aliphatic hydroxyl groups excluding tert-OH is 3. The zero-order chi connectivity index (χ0) is 24.5. The van der Waals surface area contributed by atoms with E-state index in [0.29, 0.717) is 29.5 Å². The molecule has 6 atom stereocenters. The standard InChI is InChI=1S/C25H33N5O5/c1-14(2)16-8-6-15(7-9-16)11-34-18-5-3-4-17(18)29-23-20-24(27-12-26-23)30(13-28-20)25-22(33)21(32)19(10-31)35-25/h6-9,12-14,17-19,21-22,25,31-33H,3-5,10-11H2,1-2H3,(H,26,27,29)/t17?,18-,19?,21-,22-,25-/m1/s1. The number of fused-ring (bicyclic) bond motifs is 1. The molecule has 188 valence electrons. The van der Waals surface area contributed by atoms with Gasteiger partial charge < -0.3 is 30.1 Å². The Hall–Kier alpha value is -2.63. The Morgan fingerprint density at radius 3 is 2.63 bits per heavy atom. The number of aliphatic hydroxyl groups is 3. The number of benzene rings is 1. The molecule has 1 saturated heterocycles. The summed E-state index contributed by atoms with van der Waals surface area (Å²) in [5, 5.41) is 33.4. The fourth-order valence-electron chi connectivity index (χ4n) is 4.92. The molecule has 5 rings (SSSR count). The normalized spacial score (nSPS) is 28.9. The Kier molecular flexibility index (Phi) is 6.99. The third-order valence-electron chi connectivity index (χ3n) is 7.04. The van der Waals surface area contributed by atoms with Crippen molar-refractivity contribution in [2.24, 2.45) is 0 Å². The number of ether oxygens (including phenoxy) is 2. The molecule has 0 amide bonds. The van der Waals surface area contributed by atoms with E-state index in [-0.39, 0.29) is 12.1 Å². The van der Waals surface area contributed by atoms with Gasteiger partial charge in [0.05, 0.1) is 31.7 Å². The molecule has 0 spiro atoms. The molecule has 4 N–H and O–H groups in total. The smallest absolute Gasteiger partial charge is 0.167 e. The maximum atomic E-state index is 10.4. The summed E-state index contributed by atoms with van der Waals surface area (Å²) in [5.41, 5.74) is 3.48. The lowest BCUT2D eigenvalue weighted by Gasteiger charge is -2.22. The van der Waals surface area contributed by atoms with Crippen LogP contribution in [0, 0.1) is 0 Å². The molecule has 1 aliphatic heterocycles. The number of imidazole rings is 1. The van der Waals surface area contributed by atoms with E-state index in [4.69, 9.17) is 9.47 Å². The fraction of sp³-hybridized carbons (Fsp3) is 0.560. The van der Waals surface area contributed by atoms with Gasteiger partial charge in [0.1, 0.15) is 24.6 Å². The van der Waals surface area contributed by atoms with Crippen LogP contribution in [0.15, 0.2) is 36.9 Å². The van der Waals surface area contributed by atoms with Gasteiger partial charge in [-0.15, -0.1) is 0 Å². The molecule has 10 nitrogen and oxygen atoms in total. The van der Waals surface area contributed by atoms with Crippen molar-refractivity contribution in [3.8, 4) is 0 Å². The van der Waals surface area contributed by atoms with Crippen molar-refractivity contribution in [1.29, 1.82) is 0 Å². The van der Waals surface area contributed by atoms with E-state index in [2.05, 4.69) is 58.4 Å². The van der Waals surface area contributed by atoms with Gasteiger partial charge in [-0.25, -0.2) is 15.0 Å². The molecule has 10 heteroatoms. The lowest BCUT2D eigenvalue weighted by molar-refractivity contribution is -0.0511. The van der Waals surface area contributed by atoms with Crippen LogP contribution in [0.3, 0.4) is 0 Å². The molecule has 3 heterocycles. The van der Waals surface area contributed by atoms with Crippen molar-refractivity contribution < 1.29 is 24.8 Å². The minimum absolute atomic E-state index is 0.0484. The van der Waals surface area contributed by atoms with E-state index in [1.165, 1.54) is 18.2 Å². The predicted octanol–water partition coefficient (Wildman–Crippen LogP) is 2.11. The number of nitrogens with zero attached hydrogens (tertiary/aromatic N) is 4. The minimum atomic E-state index is -1.21. The second kappa shape index (κ2) is 10.2. The Labute approximate surface area is 204 Å². The van der Waals surface area contributed by atoms with E-state index in [0.717, 1.165) is 24.8 Å². The van der Waals surface area contributed by atoms with E-state index in [9.17, 15) is 15.3 Å². The van der Waals surface area contributed by atoms with Crippen molar-refractivity contribution in [3.63, 3.8) is 0 Å². The largest absolute Gasteiger partial charge is 0.394 e. The first-order valence-electron chi connectivity index (χ1n) is 12.2. The van der Waals surface area contributed by atoms with Crippen LogP contribution >= 0.6 is 0 Å². The monoisotopic (exact) mass is 483 g/mol. The van der Waals surface area contributed by atoms with Crippen LogP contribution in [0.2, 0.25) is 0 Å². The Bertz CT molecular complexity index is 1140.